The van der Waals surface area contributed by atoms with Gasteiger partial charge >= 0.3 is 0 Å². The highest BCUT2D eigenvalue weighted by atomic mass is 35.5. The van der Waals surface area contributed by atoms with Crippen molar-refractivity contribution in [1.82, 2.24) is 20.4 Å². The van der Waals surface area contributed by atoms with Crippen molar-refractivity contribution in [1.29, 1.82) is 0 Å². The van der Waals surface area contributed by atoms with Crippen molar-refractivity contribution in [2.75, 3.05) is 33.3 Å². The zero-order valence-corrected chi connectivity index (χ0v) is 14.6. The Balaban J connectivity index is 0.00000169. The molecule has 1 aromatic heterocycles. The van der Waals surface area contributed by atoms with Gasteiger partial charge in [-0.15, -0.1) is 12.4 Å². The first kappa shape index (κ1) is 17.2. The first-order valence-electron chi connectivity index (χ1n) is 8.26. The van der Waals surface area contributed by atoms with Gasteiger partial charge < -0.3 is 14.6 Å². The standard InChI is InChI=1S/C17H22N4O2.ClH/c1-21-8-7-18-11-14(21)17-19-16(23-20-17)10-12-6-9-22-15-5-3-2-4-13(12)15;/h2-5,12,14,18H,6-11H2,1H3;1H. The summed E-state index contributed by atoms with van der Waals surface area (Å²) in [5.41, 5.74) is 1.25. The van der Waals surface area contributed by atoms with Crippen LogP contribution in [0.5, 0.6) is 5.75 Å². The quantitative estimate of drug-likeness (QED) is 0.915. The number of nitrogens with one attached hydrogen (secondary N) is 1. The number of halogens is 1. The summed E-state index contributed by atoms with van der Waals surface area (Å²) in [5, 5.41) is 7.60. The number of hydrogen-bond acceptors (Lipinski definition) is 6. The van der Waals surface area contributed by atoms with E-state index in [-0.39, 0.29) is 18.4 Å². The lowest BCUT2D eigenvalue weighted by Gasteiger charge is -2.30. The lowest BCUT2D eigenvalue weighted by molar-refractivity contribution is 0.190. The molecule has 3 heterocycles. The second-order valence-electron chi connectivity index (χ2n) is 6.32. The van der Waals surface area contributed by atoms with E-state index in [0.29, 0.717) is 5.92 Å². The molecule has 0 saturated carbocycles. The van der Waals surface area contributed by atoms with E-state index in [9.17, 15) is 0 Å². The second kappa shape index (κ2) is 7.51. The van der Waals surface area contributed by atoms with E-state index in [1.54, 1.807) is 0 Å². The fourth-order valence-corrected chi connectivity index (χ4v) is 3.42. The Morgan fingerprint density at radius 2 is 2.21 bits per heavy atom. The number of piperazine rings is 1. The van der Waals surface area contributed by atoms with Crippen molar-refractivity contribution in [3.05, 3.63) is 41.5 Å². The number of fused-ring (bicyclic) bond motifs is 1. The van der Waals surface area contributed by atoms with Gasteiger partial charge in [-0.3, -0.25) is 4.90 Å². The summed E-state index contributed by atoms with van der Waals surface area (Å²) in [4.78, 5) is 6.92. The van der Waals surface area contributed by atoms with Gasteiger partial charge in [-0.25, -0.2) is 0 Å². The molecule has 4 rings (SSSR count). The normalized spacial score (nSPS) is 23.9. The number of likely N-dealkylation sites (N-methyl/N-ethyl adjacent to an activating group) is 1. The van der Waals surface area contributed by atoms with E-state index in [4.69, 9.17) is 9.26 Å². The molecule has 2 unspecified atom stereocenters. The first-order valence-corrected chi connectivity index (χ1v) is 8.26. The number of rotatable bonds is 3. The minimum atomic E-state index is 0. The van der Waals surface area contributed by atoms with Crippen LogP contribution in [-0.2, 0) is 6.42 Å². The van der Waals surface area contributed by atoms with E-state index in [1.165, 1.54) is 5.56 Å². The van der Waals surface area contributed by atoms with Crippen LogP contribution in [0.1, 0.15) is 35.7 Å². The van der Waals surface area contributed by atoms with Crippen LogP contribution in [-0.4, -0.2) is 48.3 Å². The highest BCUT2D eigenvalue weighted by Crippen LogP contribution is 2.35. The van der Waals surface area contributed by atoms with Crippen LogP contribution in [0.4, 0.5) is 0 Å². The average molecular weight is 351 g/mol. The molecule has 2 aliphatic heterocycles. The predicted octanol–water partition coefficient (Wildman–Crippen LogP) is 2.18. The predicted molar refractivity (Wildman–Crippen MR) is 92.8 cm³/mol. The number of para-hydroxylation sites is 1. The smallest absolute Gasteiger partial charge is 0.227 e. The molecular weight excluding hydrogens is 328 g/mol. The van der Waals surface area contributed by atoms with Gasteiger partial charge in [0.15, 0.2) is 5.82 Å². The molecule has 0 amide bonds. The Labute approximate surface area is 148 Å². The molecule has 7 heteroatoms. The maximum atomic E-state index is 5.72. The number of aromatic nitrogens is 2. The molecule has 130 valence electrons. The molecule has 1 N–H and O–H groups in total. The first-order chi connectivity index (χ1) is 11.3. The van der Waals surface area contributed by atoms with Crippen LogP contribution >= 0.6 is 12.4 Å². The summed E-state index contributed by atoms with van der Waals surface area (Å²) in [6.45, 7) is 3.63. The largest absolute Gasteiger partial charge is 0.493 e. The van der Waals surface area contributed by atoms with E-state index >= 15 is 0 Å². The van der Waals surface area contributed by atoms with Gasteiger partial charge in [-0.2, -0.15) is 4.98 Å². The van der Waals surface area contributed by atoms with Crippen molar-refractivity contribution in [3.63, 3.8) is 0 Å². The van der Waals surface area contributed by atoms with Gasteiger partial charge in [-0.1, -0.05) is 23.4 Å². The molecule has 6 nitrogen and oxygen atoms in total. The number of benzene rings is 1. The molecule has 0 radical (unpaired) electrons. The Bertz CT molecular complexity index is 678. The van der Waals surface area contributed by atoms with Crippen LogP contribution in [0.2, 0.25) is 0 Å². The number of ether oxygens (including phenoxy) is 1. The molecule has 0 aliphatic carbocycles. The van der Waals surface area contributed by atoms with Gasteiger partial charge in [0.2, 0.25) is 5.89 Å². The average Bonchev–Trinajstić information content (AvgIpc) is 3.04. The lowest BCUT2D eigenvalue weighted by atomic mass is 9.90. The molecule has 1 saturated heterocycles. The van der Waals surface area contributed by atoms with E-state index < -0.39 is 0 Å². The van der Waals surface area contributed by atoms with Crippen LogP contribution in [0.15, 0.2) is 28.8 Å². The third-order valence-corrected chi connectivity index (χ3v) is 4.80. The third kappa shape index (κ3) is 3.41. The lowest BCUT2D eigenvalue weighted by Crippen LogP contribution is -2.44. The molecule has 2 atom stereocenters. The highest BCUT2D eigenvalue weighted by molar-refractivity contribution is 5.85. The van der Waals surface area contributed by atoms with Crippen LogP contribution in [0.25, 0.3) is 0 Å². The summed E-state index contributed by atoms with van der Waals surface area (Å²) in [5.74, 6) is 2.88. The summed E-state index contributed by atoms with van der Waals surface area (Å²) in [6, 6.07) is 8.43. The molecule has 0 bridgehead atoms. The van der Waals surface area contributed by atoms with Gasteiger partial charge in [-0.05, 0) is 31.0 Å². The van der Waals surface area contributed by atoms with Gasteiger partial charge in [0.05, 0.1) is 12.6 Å². The second-order valence-corrected chi connectivity index (χ2v) is 6.32. The van der Waals surface area contributed by atoms with Crippen molar-refractivity contribution in [3.8, 4) is 5.75 Å². The molecule has 1 aromatic carbocycles. The van der Waals surface area contributed by atoms with Crippen molar-refractivity contribution in [2.24, 2.45) is 0 Å². The molecule has 1 fully saturated rings. The van der Waals surface area contributed by atoms with Gasteiger partial charge in [0, 0.05) is 26.1 Å². The van der Waals surface area contributed by atoms with Crippen LogP contribution in [0.3, 0.4) is 0 Å². The zero-order chi connectivity index (χ0) is 15.6. The SMILES string of the molecule is CN1CCNCC1c1noc(CC2CCOc3ccccc32)n1.Cl. The maximum absolute atomic E-state index is 5.72. The van der Waals surface area contributed by atoms with Crippen molar-refractivity contribution < 1.29 is 9.26 Å². The zero-order valence-electron chi connectivity index (χ0n) is 13.8. The minimum absolute atomic E-state index is 0. The van der Waals surface area contributed by atoms with Gasteiger partial charge in [0.25, 0.3) is 0 Å². The van der Waals surface area contributed by atoms with E-state index in [2.05, 4.69) is 39.5 Å². The molecule has 0 spiro atoms. The van der Waals surface area contributed by atoms with Crippen molar-refractivity contribution in [2.45, 2.75) is 24.8 Å². The maximum Gasteiger partial charge on any atom is 0.227 e. The Hall–Kier alpha value is -1.63. The summed E-state index contributed by atoms with van der Waals surface area (Å²) in [6.07, 6.45) is 1.76. The fourth-order valence-electron chi connectivity index (χ4n) is 3.42. The topological polar surface area (TPSA) is 63.4 Å². The Morgan fingerprint density at radius 1 is 1.33 bits per heavy atom. The fraction of sp³-hybridized carbons (Fsp3) is 0.529. The Kier molecular flexibility index (Phi) is 5.38. The number of hydrogen-bond donors (Lipinski definition) is 1. The molecule has 2 aromatic rings. The molecular formula is C17H23ClN4O2. The van der Waals surface area contributed by atoms with Crippen LogP contribution in [0, 0.1) is 0 Å². The van der Waals surface area contributed by atoms with E-state index in [1.807, 2.05) is 12.1 Å². The minimum Gasteiger partial charge on any atom is -0.493 e. The summed E-state index contributed by atoms with van der Waals surface area (Å²) in [7, 11) is 2.11. The van der Waals surface area contributed by atoms with Gasteiger partial charge in [0.1, 0.15) is 5.75 Å². The van der Waals surface area contributed by atoms with Crippen molar-refractivity contribution >= 4 is 12.4 Å². The van der Waals surface area contributed by atoms with Crippen LogP contribution < -0.4 is 10.1 Å². The highest BCUT2D eigenvalue weighted by Gasteiger charge is 2.27. The Morgan fingerprint density at radius 3 is 3.08 bits per heavy atom. The number of nitrogens with zero attached hydrogens (tertiary/aromatic N) is 3. The summed E-state index contributed by atoms with van der Waals surface area (Å²) < 4.78 is 11.3. The monoisotopic (exact) mass is 350 g/mol. The summed E-state index contributed by atoms with van der Waals surface area (Å²) >= 11 is 0. The van der Waals surface area contributed by atoms with E-state index in [0.717, 1.165) is 56.5 Å². The molecule has 2 aliphatic rings. The third-order valence-electron chi connectivity index (χ3n) is 4.80. The molecule has 24 heavy (non-hydrogen) atoms.